The second-order valence-electron chi connectivity index (χ2n) is 8.15. The van der Waals surface area contributed by atoms with Crippen molar-refractivity contribution < 1.29 is 13.9 Å². The fraction of sp³-hybridized carbons (Fsp3) is 0.409. The number of anilines is 2. The van der Waals surface area contributed by atoms with Gasteiger partial charge in [0, 0.05) is 48.7 Å². The molecule has 168 valence electrons. The molecule has 2 aliphatic heterocycles. The standard InChI is InChI=1S/C22H25FN6O2S/c1-16-2-4-19(32-16)15-26-8-10-27(11-9-26)21-5-3-17(12-20(21)23)29-14-18(31-22(29)30)13-28-7-6-24-25-28/h2-7,12,18H,8-11,13-15H2,1H3/t18-/m0/s1. The molecule has 0 radical (unpaired) electrons. The zero-order valence-corrected chi connectivity index (χ0v) is 18.7. The Bertz CT molecular complexity index is 1080. The van der Waals surface area contributed by atoms with E-state index in [1.54, 1.807) is 29.2 Å². The van der Waals surface area contributed by atoms with Crippen molar-refractivity contribution in [2.24, 2.45) is 0 Å². The van der Waals surface area contributed by atoms with Crippen molar-refractivity contribution in [1.29, 1.82) is 0 Å². The van der Waals surface area contributed by atoms with Crippen LogP contribution in [0, 0.1) is 12.7 Å². The van der Waals surface area contributed by atoms with Gasteiger partial charge in [-0.25, -0.2) is 13.9 Å². The van der Waals surface area contributed by atoms with Crippen LogP contribution in [0.1, 0.15) is 9.75 Å². The maximum Gasteiger partial charge on any atom is 0.414 e. The molecule has 0 bridgehead atoms. The molecule has 0 saturated carbocycles. The number of ether oxygens (including phenoxy) is 1. The van der Waals surface area contributed by atoms with Gasteiger partial charge >= 0.3 is 6.09 Å². The van der Waals surface area contributed by atoms with E-state index in [1.807, 2.05) is 11.3 Å². The Balaban J connectivity index is 1.20. The Kier molecular flexibility index (Phi) is 5.79. The number of piperazine rings is 1. The van der Waals surface area contributed by atoms with Crippen LogP contribution in [0.4, 0.5) is 20.6 Å². The van der Waals surface area contributed by atoms with Gasteiger partial charge in [0.05, 0.1) is 30.7 Å². The molecule has 0 N–H and O–H groups in total. The Hall–Kier alpha value is -2.98. The predicted octanol–water partition coefficient (Wildman–Crippen LogP) is 3.13. The number of cyclic esters (lactones) is 1. The highest BCUT2D eigenvalue weighted by atomic mass is 32.1. The van der Waals surface area contributed by atoms with E-state index in [4.69, 9.17) is 4.74 Å². The normalized spacial score (nSPS) is 19.6. The number of hydrogen-bond acceptors (Lipinski definition) is 7. The second kappa shape index (κ2) is 8.87. The molecule has 8 nitrogen and oxygen atoms in total. The number of carbonyl (C=O) groups excluding carboxylic acids is 1. The number of nitrogens with zero attached hydrogens (tertiary/aromatic N) is 6. The van der Waals surface area contributed by atoms with Crippen LogP contribution in [-0.2, 0) is 17.8 Å². The van der Waals surface area contributed by atoms with Crippen LogP contribution in [0.15, 0.2) is 42.7 Å². The Morgan fingerprint density at radius 3 is 2.72 bits per heavy atom. The van der Waals surface area contributed by atoms with Gasteiger partial charge in [0.25, 0.3) is 0 Å². The van der Waals surface area contributed by atoms with E-state index in [0.29, 0.717) is 24.5 Å². The summed E-state index contributed by atoms with van der Waals surface area (Å²) in [5, 5.41) is 7.65. The molecule has 0 aliphatic carbocycles. The second-order valence-corrected chi connectivity index (χ2v) is 9.53. The smallest absolute Gasteiger partial charge is 0.414 e. The first kappa shape index (κ1) is 20.9. The molecule has 1 atom stereocenters. The molecule has 4 heterocycles. The van der Waals surface area contributed by atoms with Gasteiger partial charge in [0.1, 0.15) is 11.9 Å². The minimum absolute atomic E-state index is 0.322. The van der Waals surface area contributed by atoms with Crippen molar-refractivity contribution >= 4 is 28.8 Å². The lowest BCUT2D eigenvalue weighted by atomic mass is 10.2. The van der Waals surface area contributed by atoms with Gasteiger partial charge in [-0.3, -0.25) is 9.80 Å². The average molecular weight is 457 g/mol. The van der Waals surface area contributed by atoms with Gasteiger partial charge in [-0.15, -0.1) is 16.4 Å². The van der Waals surface area contributed by atoms with E-state index < -0.39 is 6.09 Å². The lowest BCUT2D eigenvalue weighted by molar-refractivity contribution is 0.129. The largest absolute Gasteiger partial charge is 0.442 e. The summed E-state index contributed by atoms with van der Waals surface area (Å²) in [5.74, 6) is -0.322. The zero-order chi connectivity index (χ0) is 22.1. The number of amides is 1. The van der Waals surface area contributed by atoms with Crippen LogP contribution < -0.4 is 9.80 Å². The van der Waals surface area contributed by atoms with E-state index in [9.17, 15) is 4.79 Å². The van der Waals surface area contributed by atoms with Crippen LogP contribution in [-0.4, -0.2) is 64.8 Å². The number of halogens is 1. The molecule has 2 aliphatic rings. The number of rotatable bonds is 6. The molecule has 2 aromatic heterocycles. The molecule has 1 aromatic carbocycles. The van der Waals surface area contributed by atoms with Crippen molar-refractivity contribution in [2.75, 3.05) is 42.5 Å². The van der Waals surface area contributed by atoms with Gasteiger partial charge in [-0.05, 0) is 37.3 Å². The van der Waals surface area contributed by atoms with Gasteiger partial charge in [-0.1, -0.05) is 5.21 Å². The van der Waals surface area contributed by atoms with Gasteiger partial charge < -0.3 is 9.64 Å². The molecule has 0 spiro atoms. The summed E-state index contributed by atoms with van der Waals surface area (Å²) >= 11 is 1.83. The highest BCUT2D eigenvalue weighted by Gasteiger charge is 2.33. The third kappa shape index (κ3) is 4.46. The SMILES string of the molecule is Cc1ccc(CN2CCN(c3ccc(N4C[C@H](Cn5ccnn5)OC4=O)cc3F)CC2)s1. The van der Waals surface area contributed by atoms with E-state index >= 15 is 4.39 Å². The minimum atomic E-state index is -0.473. The van der Waals surface area contributed by atoms with Gasteiger partial charge in [0.2, 0.25) is 0 Å². The van der Waals surface area contributed by atoms with Crippen LogP contribution >= 0.6 is 11.3 Å². The summed E-state index contributed by atoms with van der Waals surface area (Å²) in [7, 11) is 0. The first-order valence-electron chi connectivity index (χ1n) is 10.7. The number of thiophene rings is 1. The van der Waals surface area contributed by atoms with E-state index in [0.717, 1.165) is 32.7 Å². The number of aryl methyl sites for hydroxylation is 1. The molecule has 2 fully saturated rings. The number of aromatic nitrogens is 3. The summed E-state index contributed by atoms with van der Waals surface area (Å²) in [6, 6.07) is 9.32. The summed E-state index contributed by atoms with van der Waals surface area (Å²) in [4.78, 5) is 21.0. The molecule has 0 unspecified atom stereocenters. The summed E-state index contributed by atoms with van der Waals surface area (Å²) in [5.41, 5.74) is 1.08. The fourth-order valence-corrected chi connectivity index (χ4v) is 5.16. The molecular formula is C22H25FN6O2S. The van der Waals surface area contributed by atoms with Crippen LogP contribution in [0.3, 0.4) is 0 Å². The number of benzene rings is 1. The molecule has 10 heteroatoms. The fourth-order valence-electron chi connectivity index (χ4n) is 4.22. The van der Waals surface area contributed by atoms with Gasteiger partial charge in [-0.2, -0.15) is 0 Å². The van der Waals surface area contributed by atoms with Crippen LogP contribution in [0.25, 0.3) is 0 Å². The van der Waals surface area contributed by atoms with Crippen molar-refractivity contribution in [3.8, 4) is 0 Å². The van der Waals surface area contributed by atoms with Crippen molar-refractivity contribution in [2.45, 2.75) is 26.1 Å². The molecular weight excluding hydrogens is 431 g/mol. The Morgan fingerprint density at radius 1 is 1.19 bits per heavy atom. The molecule has 1 amide bonds. The number of carbonyl (C=O) groups is 1. The monoisotopic (exact) mass is 456 g/mol. The van der Waals surface area contributed by atoms with Crippen molar-refractivity contribution in [3.05, 3.63) is 58.3 Å². The Morgan fingerprint density at radius 2 is 2.03 bits per heavy atom. The first-order chi connectivity index (χ1) is 15.5. The minimum Gasteiger partial charge on any atom is -0.442 e. The van der Waals surface area contributed by atoms with E-state index in [-0.39, 0.29) is 11.9 Å². The van der Waals surface area contributed by atoms with Gasteiger partial charge in [0.15, 0.2) is 0 Å². The van der Waals surface area contributed by atoms with Crippen LogP contribution in [0.5, 0.6) is 0 Å². The van der Waals surface area contributed by atoms with E-state index in [1.165, 1.54) is 20.7 Å². The molecule has 2 saturated heterocycles. The molecule has 5 rings (SSSR count). The molecule has 32 heavy (non-hydrogen) atoms. The highest BCUT2D eigenvalue weighted by Crippen LogP contribution is 2.29. The topological polar surface area (TPSA) is 66.7 Å². The van der Waals surface area contributed by atoms with Crippen molar-refractivity contribution in [3.63, 3.8) is 0 Å². The predicted molar refractivity (Wildman–Crippen MR) is 121 cm³/mol. The summed E-state index contributed by atoms with van der Waals surface area (Å²) in [6.07, 6.45) is 2.46. The lowest BCUT2D eigenvalue weighted by Gasteiger charge is -2.36. The summed E-state index contributed by atoms with van der Waals surface area (Å²) < 4.78 is 22.0. The lowest BCUT2D eigenvalue weighted by Crippen LogP contribution is -2.46. The first-order valence-corrected chi connectivity index (χ1v) is 11.5. The highest BCUT2D eigenvalue weighted by molar-refractivity contribution is 7.11. The average Bonchev–Trinajstić information content (AvgIpc) is 3.51. The third-order valence-corrected chi connectivity index (χ3v) is 6.85. The number of hydrogen-bond donors (Lipinski definition) is 0. The molecule has 3 aromatic rings. The van der Waals surface area contributed by atoms with Crippen molar-refractivity contribution in [1.82, 2.24) is 19.9 Å². The quantitative estimate of drug-likeness (QED) is 0.568. The third-order valence-electron chi connectivity index (χ3n) is 5.87. The maximum atomic E-state index is 15.0. The Labute approximate surface area is 189 Å². The maximum absolute atomic E-state index is 15.0. The summed E-state index contributed by atoms with van der Waals surface area (Å²) in [6.45, 7) is 7.15. The van der Waals surface area contributed by atoms with E-state index in [2.05, 4.69) is 39.2 Å². The zero-order valence-electron chi connectivity index (χ0n) is 17.9. The van der Waals surface area contributed by atoms with Crippen LogP contribution in [0.2, 0.25) is 0 Å².